The highest BCUT2D eigenvalue weighted by molar-refractivity contribution is 6.33. The zero-order valence-corrected chi connectivity index (χ0v) is 14.5. The Balaban J connectivity index is 1.98. The van der Waals surface area contributed by atoms with Crippen LogP contribution in [0.2, 0.25) is 5.02 Å². The maximum atomic E-state index is 12.5. The van der Waals surface area contributed by atoms with Crippen LogP contribution in [0.4, 0.5) is 0 Å². The number of allylic oxidation sites excluding steroid dienone is 2. The molecule has 1 saturated heterocycles. The smallest absolute Gasteiger partial charge is 0.342 e. The Labute approximate surface area is 150 Å². The predicted molar refractivity (Wildman–Crippen MR) is 90.0 cm³/mol. The van der Waals surface area contributed by atoms with E-state index in [4.69, 9.17) is 21.1 Å². The summed E-state index contributed by atoms with van der Waals surface area (Å²) in [4.78, 5) is 24.7. The van der Waals surface area contributed by atoms with Gasteiger partial charge in [-0.05, 0) is 25.8 Å². The molecule has 0 aliphatic carbocycles. The molecular weight excluding hydrogens is 348 g/mol. The van der Waals surface area contributed by atoms with E-state index in [0.29, 0.717) is 12.8 Å². The number of rotatable bonds is 0. The standard InChI is InChI=1S/C18H19ClO6/c1-9-6-15-14(25-15)5-3-2-4-10(20)7-11-16(18(23)24-9)12(21)8-13(22)17(11)19/h2,4,8-9,14-15,21-22H,3,5-7H2,1H3/b4-2+/t9-,14?,15?/m1/s1. The van der Waals surface area contributed by atoms with Gasteiger partial charge in [0.05, 0.1) is 17.2 Å². The van der Waals surface area contributed by atoms with Crippen LogP contribution >= 0.6 is 11.6 Å². The van der Waals surface area contributed by atoms with E-state index in [1.807, 2.05) is 0 Å². The molecule has 2 N–H and O–H groups in total. The van der Waals surface area contributed by atoms with Crippen molar-refractivity contribution >= 4 is 23.4 Å². The second-order valence-electron chi connectivity index (χ2n) is 6.37. The van der Waals surface area contributed by atoms with E-state index >= 15 is 0 Å². The minimum absolute atomic E-state index is 0.0336. The summed E-state index contributed by atoms with van der Waals surface area (Å²) < 4.78 is 10.9. The number of hydrogen-bond donors (Lipinski definition) is 2. The normalized spacial score (nSPS) is 28.3. The molecule has 2 heterocycles. The molecule has 3 rings (SSSR count). The summed E-state index contributed by atoms with van der Waals surface area (Å²) in [5.41, 5.74) is -0.134. The second kappa shape index (κ2) is 7.06. The van der Waals surface area contributed by atoms with Crippen LogP contribution in [0.3, 0.4) is 0 Å². The molecule has 0 bridgehead atoms. The van der Waals surface area contributed by atoms with E-state index in [1.165, 1.54) is 6.08 Å². The highest BCUT2D eigenvalue weighted by atomic mass is 35.5. The van der Waals surface area contributed by atoms with E-state index in [0.717, 1.165) is 12.5 Å². The molecule has 2 aliphatic rings. The lowest BCUT2D eigenvalue weighted by Gasteiger charge is -2.16. The number of halogens is 1. The summed E-state index contributed by atoms with van der Waals surface area (Å²) in [6.45, 7) is 1.74. The maximum absolute atomic E-state index is 12.5. The van der Waals surface area contributed by atoms with Crippen molar-refractivity contribution in [2.24, 2.45) is 0 Å². The maximum Gasteiger partial charge on any atom is 0.342 e. The van der Waals surface area contributed by atoms with E-state index < -0.39 is 23.6 Å². The van der Waals surface area contributed by atoms with Crippen molar-refractivity contribution in [3.8, 4) is 11.5 Å². The predicted octanol–water partition coefficient (Wildman–Crippen LogP) is 2.92. The van der Waals surface area contributed by atoms with Crippen LogP contribution in [0.5, 0.6) is 11.5 Å². The van der Waals surface area contributed by atoms with E-state index in [-0.39, 0.29) is 40.6 Å². The van der Waals surface area contributed by atoms with Gasteiger partial charge in [0.1, 0.15) is 23.2 Å². The largest absolute Gasteiger partial charge is 0.507 e. The highest BCUT2D eigenvalue weighted by Crippen LogP contribution is 2.38. The first kappa shape index (κ1) is 17.8. The molecule has 0 saturated carbocycles. The molecule has 3 atom stereocenters. The number of carbonyl (C=O) groups excluding carboxylic acids is 2. The number of epoxide rings is 1. The molecule has 25 heavy (non-hydrogen) atoms. The summed E-state index contributed by atoms with van der Waals surface area (Å²) in [6.07, 6.45) is 4.74. The third-order valence-corrected chi connectivity index (χ3v) is 4.78. The van der Waals surface area contributed by atoms with Crippen molar-refractivity contribution in [1.29, 1.82) is 0 Å². The molecule has 2 unspecified atom stereocenters. The van der Waals surface area contributed by atoms with Crippen LogP contribution in [-0.2, 0) is 20.7 Å². The number of esters is 1. The first-order chi connectivity index (χ1) is 11.9. The van der Waals surface area contributed by atoms with Gasteiger partial charge in [-0.15, -0.1) is 0 Å². The number of benzene rings is 1. The number of fused-ring (bicyclic) bond motifs is 2. The van der Waals surface area contributed by atoms with Crippen molar-refractivity contribution < 1.29 is 29.3 Å². The average Bonchev–Trinajstić information content (AvgIpc) is 3.25. The lowest BCUT2D eigenvalue weighted by Crippen LogP contribution is -2.20. The quantitative estimate of drug-likeness (QED) is 0.541. The minimum Gasteiger partial charge on any atom is -0.507 e. The van der Waals surface area contributed by atoms with Crippen LogP contribution < -0.4 is 0 Å². The molecule has 0 aromatic heterocycles. The van der Waals surface area contributed by atoms with Gasteiger partial charge in [-0.1, -0.05) is 17.7 Å². The highest BCUT2D eigenvalue weighted by Gasteiger charge is 2.39. The Morgan fingerprint density at radius 3 is 2.72 bits per heavy atom. The second-order valence-corrected chi connectivity index (χ2v) is 6.75. The third-order valence-electron chi connectivity index (χ3n) is 4.36. The topological polar surface area (TPSA) is 96.4 Å². The first-order valence-electron chi connectivity index (χ1n) is 8.16. The van der Waals surface area contributed by atoms with Gasteiger partial charge in [0.2, 0.25) is 0 Å². The van der Waals surface area contributed by atoms with Crippen LogP contribution in [0, 0.1) is 0 Å². The lowest BCUT2D eigenvalue weighted by molar-refractivity contribution is -0.114. The zero-order valence-electron chi connectivity index (χ0n) is 13.7. The molecule has 134 valence electrons. The number of carbonyl (C=O) groups is 2. The van der Waals surface area contributed by atoms with Gasteiger partial charge in [0.25, 0.3) is 0 Å². The summed E-state index contributed by atoms with van der Waals surface area (Å²) in [6, 6.07) is 0.969. The minimum atomic E-state index is -0.784. The van der Waals surface area contributed by atoms with E-state index in [9.17, 15) is 19.8 Å². The number of cyclic esters (lactones) is 1. The number of phenols is 2. The van der Waals surface area contributed by atoms with E-state index in [2.05, 4.69) is 0 Å². The molecule has 1 aromatic carbocycles. The summed E-state index contributed by atoms with van der Waals surface area (Å²) in [5.74, 6) is -1.95. The Morgan fingerprint density at radius 2 is 1.96 bits per heavy atom. The molecular formula is C18H19ClO6. The van der Waals surface area contributed by atoms with Crippen molar-refractivity contribution in [3.63, 3.8) is 0 Å². The fourth-order valence-electron chi connectivity index (χ4n) is 3.04. The summed E-state index contributed by atoms with van der Waals surface area (Å²) >= 11 is 6.07. The van der Waals surface area contributed by atoms with Crippen molar-refractivity contribution in [3.05, 3.63) is 34.4 Å². The van der Waals surface area contributed by atoms with Crippen molar-refractivity contribution in [1.82, 2.24) is 0 Å². The van der Waals surface area contributed by atoms with E-state index in [1.54, 1.807) is 13.0 Å². The number of ketones is 1. The molecule has 6 nitrogen and oxygen atoms in total. The zero-order chi connectivity index (χ0) is 18.1. The molecule has 2 aliphatic heterocycles. The molecule has 7 heteroatoms. The Morgan fingerprint density at radius 1 is 1.20 bits per heavy atom. The fraction of sp³-hybridized carbons (Fsp3) is 0.444. The molecule has 1 aromatic rings. The van der Waals surface area contributed by atoms with Crippen LogP contribution in [0.15, 0.2) is 18.2 Å². The van der Waals surface area contributed by atoms with Gasteiger partial charge in [-0.25, -0.2) is 4.79 Å². The van der Waals surface area contributed by atoms with Gasteiger partial charge in [-0.2, -0.15) is 0 Å². The summed E-state index contributed by atoms with van der Waals surface area (Å²) in [7, 11) is 0. The number of hydrogen-bond acceptors (Lipinski definition) is 6. The fourth-order valence-corrected chi connectivity index (χ4v) is 3.26. The van der Waals surface area contributed by atoms with Gasteiger partial charge in [0, 0.05) is 24.5 Å². The molecule has 0 amide bonds. The Bertz CT molecular complexity index is 742. The Kier molecular flexibility index (Phi) is 5.01. The van der Waals surface area contributed by atoms with Crippen LogP contribution in [0.25, 0.3) is 0 Å². The van der Waals surface area contributed by atoms with Crippen LogP contribution in [-0.4, -0.2) is 40.3 Å². The SMILES string of the molecule is C[C@@H]1CC2OC2CC/C=C/C(=O)Cc2c(Cl)c(O)cc(O)c2C(=O)O1. The van der Waals surface area contributed by atoms with Crippen LogP contribution in [0.1, 0.15) is 42.1 Å². The van der Waals surface area contributed by atoms with Gasteiger partial charge in [-0.3, -0.25) is 4.79 Å². The van der Waals surface area contributed by atoms with Gasteiger partial charge >= 0.3 is 5.97 Å². The monoisotopic (exact) mass is 366 g/mol. The van der Waals surface area contributed by atoms with Gasteiger partial charge in [0.15, 0.2) is 5.78 Å². The molecule has 1 fully saturated rings. The van der Waals surface area contributed by atoms with Crippen molar-refractivity contribution in [2.45, 2.75) is 50.9 Å². The summed E-state index contributed by atoms with van der Waals surface area (Å²) in [5, 5.41) is 19.8. The number of aromatic hydroxyl groups is 2. The number of phenolic OH excluding ortho intramolecular Hbond substituents is 2. The average molecular weight is 367 g/mol. The Hall–Kier alpha value is -2.05. The third kappa shape index (κ3) is 3.96. The molecule has 0 spiro atoms. The molecule has 0 radical (unpaired) electrons. The van der Waals surface area contributed by atoms with Gasteiger partial charge < -0.3 is 19.7 Å². The lowest BCUT2D eigenvalue weighted by atomic mass is 9.99. The number of ether oxygens (including phenoxy) is 2. The van der Waals surface area contributed by atoms with Crippen molar-refractivity contribution in [2.75, 3.05) is 0 Å². The first-order valence-corrected chi connectivity index (χ1v) is 8.53.